The van der Waals surface area contributed by atoms with Crippen LogP contribution in [0.2, 0.25) is 0 Å². The predicted molar refractivity (Wildman–Crippen MR) is 203 cm³/mol. The van der Waals surface area contributed by atoms with E-state index in [0.717, 1.165) is 5.56 Å². The molecule has 12 nitrogen and oxygen atoms in total. The maximum absolute atomic E-state index is 14.8. The summed E-state index contributed by atoms with van der Waals surface area (Å²) in [6.45, 7) is 13.6. The first kappa shape index (κ1) is 43.6. The molecule has 0 radical (unpaired) electrons. The Hall–Kier alpha value is -2.16. The van der Waals surface area contributed by atoms with Crippen molar-refractivity contribution in [1.82, 2.24) is 14.7 Å². The Kier molecular flexibility index (Phi) is 14.6. The van der Waals surface area contributed by atoms with Gasteiger partial charge in [0.25, 0.3) is 0 Å². The van der Waals surface area contributed by atoms with Crippen molar-refractivity contribution in [3.8, 4) is 0 Å². The third-order valence-electron chi connectivity index (χ3n) is 12.6. The molecule has 3 fully saturated rings. The highest BCUT2D eigenvalue weighted by Gasteiger charge is 2.51. The molecule has 1 aromatic rings. The van der Waals surface area contributed by atoms with Crippen molar-refractivity contribution in [2.45, 2.75) is 147 Å². The molecule has 0 aromatic heterocycles. The number of amides is 2. The van der Waals surface area contributed by atoms with Gasteiger partial charge in [-0.3, -0.25) is 9.59 Å². The Balaban J connectivity index is 1.82. The summed E-state index contributed by atoms with van der Waals surface area (Å²) in [5.41, 5.74) is -1.38. The van der Waals surface area contributed by atoms with Crippen molar-refractivity contribution < 1.29 is 43.9 Å². The minimum atomic E-state index is -1.46. The Morgan fingerprint density at radius 1 is 0.962 bits per heavy atom. The summed E-state index contributed by atoms with van der Waals surface area (Å²) in [6.07, 6.45) is -2.81. The van der Waals surface area contributed by atoms with Crippen LogP contribution in [0.4, 0.5) is 0 Å². The third-order valence-corrected chi connectivity index (χ3v) is 12.6. The molecule has 12 heteroatoms. The van der Waals surface area contributed by atoms with E-state index in [1.165, 1.54) is 0 Å². The average Bonchev–Trinajstić information content (AvgIpc) is 3.10. The number of ether oxygens (including phenoxy) is 4. The molecule has 0 unspecified atom stereocenters. The van der Waals surface area contributed by atoms with Crippen LogP contribution in [0.3, 0.4) is 0 Å². The second-order valence-electron chi connectivity index (χ2n) is 17.3. The molecule has 15 atom stereocenters. The first-order valence-corrected chi connectivity index (χ1v) is 19.5. The fourth-order valence-corrected chi connectivity index (χ4v) is 9.46. The molecule has 3 heterocycles. The van der Waals surface area contributed by atoms with Crippen molar-refractivity contribution >= 4 is 11.8 Å². The van der Waals surface area contributed by atoms with Crippen LogP contribution < -0.4 is 0 Å². The molecule has 0 bridgehead atoms. The molecule has 0 aliphatic carbocycles. The number of rotatable bonds is 8. The highest BCUT2D eigenvalue weighted by Crippen LogP contribution is 2.42. The van der Waals surface area contributed by atoms with Crippen LogP contribution in [0, 0.1) is 23.7 Å². The summed E-state index contributed by atoms with van der Waals surface area (Å²) >= 11 is 0. The van der Waals surface area contributed by atoms with E-state index in [1.807, 2.05) is 90.9 Å². The van der Waals surface area contributed by atoms with Crippen LogP contribution in [0.5, 0.6) is 0 Å². The number of aliphatic hydroxyl groups excluding tert-OH is 2. The predicted octanol–water partition coefficient (Wildman–Crippen LogP) is 3.34. The molecule has 302 valence electrons. The summed E-state index contributed by atoms with van der Waals surface area (Å²) < 4.78 is 25.3. The number of benzene rings is 1. The van der Waals surface area contributed by atoms with Gasteiger partial charge in [0, 0.05) is 52.6 Å². The quantitative estimate of drug-likeness (QED) is 0.363. The zero-order valence-electron chi connectivity index (χ0n) is 34.3. The Bertz CT molecular complexity index is 1350. The van der Waals surface area contributed by atoms with Gasteiger partial charge in [-0.25, -0.2) is 0 Å². The largest absolute Gasteiger partial charge is 0.387 e. The molecule has 3 N–H and O–H groups in total. The van der Waals surface area contributed by atoms with Gasteiger partial charge in [0.2, 0.25) is 11.8 Å². The highest BCUT2D eigenvalue weighted by atomic mass is 16.7. The molecule has 0 saturated carbocycles. The normalized spacial score (nSPS) is 42.6. The van der Waals surface area contributed by atoms with E-state index >= 15 is 0 Å². The monoisotopic (exact) mass is 748 g/mol. The van der Waals surface area contributed by atoms with E-state index < -0.39 is 71.8 Å². The van der Waals surface area contributed by atoms with Crippen molar-refractivity contribution in [2.24, 2.45) is 23.7 Å². The first-order valence-electron chi connectivity index (χ1n) is 19.5. The SMILES string of the molecule is CO[C@]1(C)C[C@H](C[C@H]2[C@H](C)[C@@H](O[C@@H]3O[C@H](C)C[C@H](N(C)C)[C@H]3O)[C@](C)(O)C[C@@H](C)CN(C)C(=O)[C@@H](Cc3ccccc3)N(C)C(=O)[C@@H]2C)O[C@@H](C)[C@@H]1O. The van der Waals surface area contributed by atoms with Crippen molar-refractivity contribution in [3.05, 3.63) is 35.9 Å². The van der Waals surface area contributed by atoms with Gasteiger partial charge in [-0.15, -0.1) is 0 Å². The standard InChI is InChI=1S/C41H69N3O9/c1-24-21-40(6,49)36(53-39-34(45)32(42(8)9)18-25(2)51-39)26(3)31(20-30-22-41(7,50-12)35(46)28(5)52-30)27(4)37(47)44(11)33(38(48)43(10)23-24)19-29-16-14-13-15-17-29/h13-17,24-28,30-36,39,45-46,49H,18-23H2,1-12H3/t24-,25-,26+,27-,28+,30+,31+,32+,33-,34-,35+,36-,39+,40-,41-/m1/s1. The maximum atomic E-state index is 14.8. The lowest BCUT2D eigenvalue weighted by molar-refractivity contribution is -0.298. The first-order chi connectivity index (χ1) is 24.7. The molecule has 3 saturated heterocycles. The summed E-state index contributed by atoms with van der Waals surface area (Å²) in [6, 6.07) is 8.75. The number of methoxy groups -OCH3 is 1. The summed E-state index contributed by atoms with van der Waals surface area (Å²) in [4.78, 5) is 34.3. The average molecular weight is 748 g/mol. The topological polar surface area (TPSA) is 141 Å². The van der Waals surface area contributed by atoms with Gasteiger partial charge in [0.05, 0.1) is 35.6 Å². The molecule has 3 aliphatic heterocycles. The molecule has 4 rings (SSSR count). The van der Waals surface area contributed by atoms with Gasteiger partial charge in [-0.2, -0.15) is 0 Å². The maximum Gasteiger partial charge on any atom is 0.245 e. The molecular weight excluding hydrogens is 678 g/mol. The van der Waals surface area contributed by atoms with Crippen LogP contribution in [0.15, 0.2) is 30.3 Å². The molecule has 1 aromatic carbocycles. The number of aliphatic hydroxyl groups is 3. The van der Waals surface area contributed by atoms with Crippen molar-refractivity contribution in [1.29, 1.82) is 0 Å². The lowest BCUT2D eigenvalue weighted by atomic mass is 9.70. The lowest BCUT2D eigenvalue weighted by Gasteiger charge is -2.49. The zero-order chi connectivity index (χ0) is 39.6. The van der Waals surface area contributed by atoms with Crippen LogP contribution in [0.1, 0.15) is 79.7 Å². The second-order valence-corrected chi connectivity index (χ2v) is 17.3. The van der Waals surface area contributed by atoms with E-state index in [0.29, 0.717) is 32.2 Å². The minimum Gasteiger partial charge on any atom is -0.387 e. The Morgan fingerprint density at radius 2 is 1.60 bits per heavy atom. The van der Waals surface area contributed by atoms with Crippen LogP contribution >= 0.6 is 0 Å². The fourth-order valence-electron chi connectivity index (χ4n) is 9.46. The van der Waals surface area contributed by atoms with Gasteiger partial charge < -0.3 is 49.0 Å². The summed E-state index contributed by atoms with van der Waals surface area (Å²) in [5.74, 6) is -2.06. The van der Waals surface area contributed by atoms with E-state index in [9.17, 15) is 24.9 Å². The lowest BCUT2D eigenvalue weighted by Crippen LogP contribution is -2.59. The van der Waals surface area contributed by atoms with E-state index in [4.69, 9.17) is 18.9 Å². The second kappa shape index (κ2) is 17.7. The van der Waals surface area contributed by atoms with Gasteiger partial charge in [-0.1, -0.05) is 51.1 Å². The minimum absolute atomic E-state index is 0.149. The van der Waals surface area contributed by atoms with E-state index in [-0.39, 0.29) is 36.3 Å². The Labute approximate surface area is 318 Å². The van der Waals surface area contributed by atoms with Gasteiger partial charge in [-0.05, 0) is 84.4 Å². The molecule has 53 heavy (non-hydrogen) atoms. The van der Waals surface area contributed by atoms with Gasteiger partial charge >= 0.3 is 0 Å². The molecular formula is C41H69N3O9. The smallest absolute Gasteiger partial charge is 0.245 e. The molecule has 3 aliphatic rings. The summed E-state index contributed by atoms with van der Waals surface area (Å²) in [7, 11) is 8.88. The van der Waals surface area contributed by atoms with E-state index in [2.05, 4.69) is 0 Å². The Morgan fingerprint density at radius 3 is 2.21 bits per heavy atom. The summed E-state index contributed by atoms with van der Waals surface area (Å²) in [5, 5.41) is 35.1. The van der Waals surface area contributed by atoms with Crippen LogP contribution in [-0.2, 0) is 35.0 Å². The van der Waals surface area contributed by atoms with Gasteiger partial charge in [0.15, 0.2) is 6.29 Å². The number of nitrogens with zero attached hydrogens (tertiary/aromatic N) is 3. The van der Waals surface area contributed by atoms with Crippen molar-refractivity contribution in [3.63, 3.8) is 0 Å². The zero-order valence-corrected chi connectivity index (χ0v) is 34.3. The van der Waals surface area contributed by atoms with E-state index in [1.54, 1.807) is 37.9 Å². The highest BCUT2D eigenvalue weighted by molar-refractivity contribution is 5.88. The van der Waals surface area contributed by atoms with Crippen LogP contribution in [0.25, 0.3) is 0 Å². The third kappa shape index (κ3) is 9.99. The number of carbonyl (C=O) groups excluding carboxylic acids is 2. The van der Waals surface area contributed by atoms with Crippen molar-refractivity contribution in [2.75, 3.05) is 41.8 Å². The molecule has 0 spiro atoms. The number of hydrogen-bond donors (Lipinski definition) is 3. The fraction of sp³-hybridized carbons (Fsp3) is 0.805. The van der Waals surface area contributed by atoms with Crippen LogP contribution in [-0.4, -0.2) is 150 Å². The number of likely N-dealkylation sites (N-methyl/N-ethyl adjacent to an activating group) is 3. The molecule has 2 amide bonds. The number of hydrogen-bond acceptors (Lipinski definition) is 10. The number of carbonyl (C=O) groups is 2. The van der Waals surface area contributed by atoms with Gasteiger partial charge in [0.1, 0.15) is 18.2 Å².